The first-order chi connectivity index (χ1) is 8.97. The third-order valence-corrected chi connectivity index (χ3v) is 4.49. The van der Waals surface area contributed by atoms with Crippen LogP contribution in [0.1, 0.15) is 16.1 Å². The van der Waals surface area contributed by atoms with Gasteiger partial charge < -0.3 is 5.11 Å². The molecule has 1 aromatic carbocycles. The smallest absolute Gasteiger partial charge is 0.203 e. The molecule has 7 heteroatoms. The molecule has 0 aliphatic heterocycles. The number of aryl methyl sites for hydroxylation is 2. The zero-order chi connectivity index (χ0) is 14.0. The van der Waals surface area contributed by atoms with E-state index < -0.39 is 0 Å². The molecule has 0 atom stereocenters. The number of aromatic hydroxyl groups is 1. The molecule has 0 spiro atoms. The predicted molar refractivity (Wildman–Crippen MR) is 86.3 cm³/mol. The quantitative estimate of drug-likeness (QED) is 0.587. The zero-order valence-corrected chi connectivity index (χ0v) is 14.2. The van der Waals surface area contributed by atoms with Gasteiger partial charge in [0, 0.05) is 14.9 Å². The lowest BCUT2D eigenvalue weighted by Crippen LogP contribution is -1.91. The van der Waals surface area contributed by atoms with Gasteiger partial charge >= 0.3 is 0 Å². The highest BCUT2D eigenvalue weighted by Crippen LogP contribution is 2.30. The van der Waals surface area contributed by atoms with Crippen molar-refractivity contribution < 1.29 is 5.11 Å². The minimum atomic E-state index is 0.153. The Kier molecular flexibility index (Phi) is 4.59. The Morgan fingerprint density at radius 2 is 2.11 bits per heavy atom. The van der Waals surface area contributed by atoms with E-state index in [2.05, 4.69) is 47.4 Å². The van der Waals surface area contributed by atoms with Gasteiger partial charge in [0.1, 0.15) is 5.75 Å². The Bertz CT molecular complexity index is 621. The second-order valence-corrected chi connectivity index (χ2v) is 6.83. The largest absolute Gasteiger partial charge is 0.506 e. The number of thiazole rings is 1. The Morgan fingerprint density at radius 3 is 2.74 bits per heavy atom. The number of anilines is 1. The van der Waals surface area contributed by atoms with Crippen molar-refractivity contribution in [2.75, 3.05) is 5.43 Å². The van der Waals surface area contributed by atoms with Crippen molar-refractivity contribution in [1.29, 1.82) is 0 Å². The van der Waals surface area contributed by atoms with E-state index in [9.17, 15) is 5.11 Å². The second-order valence-electron chi connectivity index (χ2n) is 3.86. The molecule has 2 rings (SSSR count). The van der Waals surface area contributed by atoms with E-state index in [1.54, 1.807) is 29.7 Å². The summed E-state index contributed by atoms with van der Waals surface area (Å²) in [5.74, 6) is 0.153. The maximum Gasteiger partial charge on any atom is 0.203 e. The van der Waals surface area contributed by atoms with Crippen LogP contribution in [0.5, 0.6) is 5.75 Å². The van der Waals surface area contributed by atoms with Gasteiger partial charge in [-0.3, -0.25) is 5.43 Å². The molecule has 0 saturated carbocycles. The van der Waals surface area contributed by atoms with Crippen LogP contribution in [-0.2, 0) is 0 Å². The molecular weight excluding hydrogens is 394 g/mol. The highest BCUT2D eigenvalue weighted by Gasteiger charge is 2.05. The van der Waals surface area contributed by atoms with Crippen molar-refractivity contribution >= 4 is 54.5 Å². The molecule has 100 valence electrons. The van der Waals surface area contributed by atoms with Crippen LogP contribution in [-0.4, -0.2) is 16.3 Å². The summed E-state index contributed by atoms with van der Waals surface area (Å²) in [4.78, 5) is 5.47. The van der Waals surface area contributed by atoms with Crippen molar-refractivity contribution in [1.82, 2.24) is 4.98 Å². The number of nitrogens with one attached hydrogen (secondary N) is 1. The van der Waals surface area contributed by atoms with Crippen LogP contribution in [0.15, 0.2) is 26.2 Å². The molecule has 0 unspecified atom stereocenters. The van der Waals surface area contributed by atoms with Crippen molar-refractivity contribution in [3.8, 4) is 5.75 Å². The summed E-state index contributed by atoms with van der Waals surface area (Å²) in [6.45, 7) is 3.97. The van der Waals surface area contributed by atoms with E-state index in [1.807, 2.05) is 13.8 Å². The zero-order valence-electron chi connectivity index (χ0n) is 10.2. The fourth-order valence-corrected chi connectivity index (χ4v) is 3.38. The molecule has 1 heterocycles. The topological polar surface area (TPSA) is 57.5 Å². The first-order valence-corrected chi connectivity index (χ1v) is 7.78. The first kappa shape index (κ1) is 14.5. The van der Waals surface area contributed by atoms with Crippen LogP contribution < -0.4 is 5.43 Å². The number of hydrogen-bond donors (Lipinski definition) is 2. The number of phenols is 1. The molecule has 0 aliphatic carbocycles. The van der Waals surface area contributed by atoms with Gasteiger partial charge in [0.15, 0.2) is 0 Å². The Hall–Kier alpha value is -0.920. The van der Waals surface area contributed by atoms with Gasteiger partial charge in [-0.25, -0.2) is 4.98 Å². The average molecular weight is 405 g/mol. The number of benzene rings is 1. The summed E-state index contributed by atoms with van der Waals surface area (Å²) in [5.41, 5.74) is 4.46. The summed E-state index contributed by atoms with van der Waals surface area (Å²) in [6, 6.07) is 3.55. The monoisotopic (exact) mass is 403 g/mol. The Morgan fingerprint density at radius 1 is 1.37 bits per heavy atom. The van der Waals surface area contributed by atoms with Gasteiger partial charge in [0.25, 0.3) is 0 Å². The number of aromatic nitrogens is 1. The van der Waals surface area contributed by atoms with E-state index in [4.69, 9.17) is 0 Å². The van der Waals surface area contributed by atoms with Crippen LogP contribution >= 0.6 is 43.2 Å². The van der Waals surface area contributed by atoms with E-state index >= 15 is 0 Å². The van der Waals surface area contributed by atoms with Gasteiger partial charge in [-0.15, -0.1) is 11.3 Å². The highest BCUT2D eigenvalue weighted by molar-refractivity contribution is 9.11. The lowest BCUT2D eigenvalue weighted by molar-refractivity contribution is 0.471. The van der Waals surface area contributed by atoms with Crippen molar-refractivity contribution in [3.63, 3.8) is 0 Å². The van der Waals surface area contributed by atoms with Crippen molar-refractivity contribution in [3.05, 3.63) is 37.2 Å². The molecule has 0 radical (unpaired) electrons. The van der Waals surface area contributed by atoms with Crippen LogP contribution in [0, 0.1) is 13.8 Å². The van der Waals surface area contributed by atoms with Gasteiger partial charge in [-0.2, -0.15) is 5.10 Å². The van der Waals surface area contributed by atoms with Crippen molar-refractivity contribution in [2.24, 2.45) is 5.10 Å². The lowest BCUT2D eigenvalue weighted by atomic mass is 10.2. The number of phenolic OH excluding ortho intramolecular Hbond substituents is 1. The third kappa shape index (κ3) is 3.55. The molecule has 0 fully saturated rings. The van der Waals surface area contributed by atoms with Crippen LogP contribution in [0.4, 0.5) is 5.13 Å². The third-order valence-electron chi connectivity index (χ3n) is 2.45. The average Bonchev–Trinajstić information content (AvgIpc) is 2.65. The maximum absolute atomic E-state index is 9.87. The standard InChI is InChI=1S/C12H11Br2N3OS/c1-6-7(2)19-12(16-6)17-15-5-8-3-9(13)4-10(14)11(8)18/h3-5,18H,1-2H3,(H,16,17)/b15-5+. The molecular formula is C12H11Br2N3OS. The normalized spacial score (nSPS) is 11.2. The molecule has 0 amide bonds. The maximum atomic E-state index is 9.87. The summed E-state index contributed by atoms with van der Waals surface area (Å²) in [5, 5.41) is 14.7. The summed E-state index contributed by atoms with van der Waals surface area (Å²) in [6.07, 6.45) is 1.55. The van der Waals surface area contributed by atoms with Gasteiger partial charge in [0.2, 0.25) is 5.13 Å². The second kappa shape index (κ2) is 6.02. The van der Waals surface area contributed by atoms with E-state index in [-0.39, 0.29) is 5.75 Å². The fraction of sp³-hybridized carbons (Fsp3) is 0.167. The van der Waals surface area contributed by atoms with E-state index in [0.717, 1.165) is 20.2 Å². The predicted octanol–water partition coefficient (Wildman–Crippen LogP) is 4.44. The number of hydrogen-bond acceptors (Lipinski definition) is 5. The molecule has 1 aromatic heterocycles. The number of rotatable bonds is 3. The van der Waals surface area contributed by atoms with Crippen LogP contribution in [0.25, 0.3) is 0 Å². The number of nitrogens with zero attached hydrogens (tertiary/aromatic N) is 2. The molecule has 0 bridgehead atoms. The summed E-state index contributed by atoms with van der Waals surface area (Å²) >= 11 is 8.18. The summed E-state index contributed by atoms with van der Waals surface area (Å²) < 4.78 is 1.48. The van der Waals surface area contributed by atoms with Crippen LogP contribution in [0.3, 0.4) is 0 Å². The minimum Gasteiger partial charge on any atom is -0.506 e. The van der Waals surface area contributed by atoms with E-state index in [1.165, 1.54) is 0 Å². The highest BCUT2D eigenvalue weighted by atomic mass is 79.9. The van der Waals surface area contributed by atoms with Crippen molar-refractivity contribution in [2.45, 2.75) is 13.8 Å². The van der Waals surface area contributed by atoms with Gasteiger partial charge in [0.05, 0.1) is 16.4 Å². The number of hydrazone groups is 1. The van der Waals surface area contributed by atoms with E-state index in [0.29, 0.717) is 10.0 Å². The SMILES string of the molecule is Cc1nc(N/N=C/c2cc(Br)cc(Br)c2O)sc1C. The summed E-state index contributed by atoms with van der Waals surface area (Å²) in [7, 11) is 0. The number of halogens is 2. The molecule has 0 aliphatic rings. The molecule has 19 heavy (non-hydrogen) atoms. The minimum absolute atomic E-state index is 0.153. The lowest BCUT2D eigenvalue weighted by Gasteiger charge is -2.02. The Labute approximate surface area is 131 Å². The fourth-order valence-electron chi connectivity index (χ4n) is 1.36. The molecule has 2 N–H and O–H groups in total. The van der Waals surface area contributed by atoms with Gasteiger partial charge in [-0.05, 0) is 41.9 Å². The molecule has 2 aromatic rings. The first-order valence-electron chi connectivity index (χ1n) is 5.38. The molecule has 4 nitrogen and oxygen atoms in total. The molecule has 0 saturated heterocycles. The van der Waals surface area contributed by atoms with Crippen LogP contribution in [0.2, 0.25) is 0 Å². The van der Waals surface area contributed by atoms with Gasteiger partial charge in [-0.1, -0.05) is 15.9 Å². The Balaban J connectivity index is 2.15.